The van der Waals surface area contributed by atoms with Gasteiger partial charge in [0.2, 0.25) is 0 Å². The van der Waals surface area contributed by atoms with Crippen LogP contribution in [0.4, 0.5) is 5.69 Å². The van der Waals surface area contributed by atoms with Crippen LogP contribution >= 0.6 is 23.1 Å². The first kappa shape index (κ1) is 17.7. The normalized spacial score (nSPS) is 10.7. The van der Waals surface area contributed by atoms with Gasteiger partial charge in [-0.05, 0) is 37.3 Å². The number of hydrogen-bond acceptors (Lipinski definition) is 4. The van der Waals surface area contributed by atoms with Gasteiger partial charge in [-0.25, -0.2) is 4.98 Å². The van der Waals surface area contributed by atoms with Crippen molar-refractivity contribution in [3.63, 3.8) is 0 Å². The van der Waals surface area contributed by atoms with E-state index in [9.17, 15) is 4.79 Å². The zero-order chi connectivity index (χ0) is 17.8. The second kappa shape index (κ2) is 7.85. The molecule has 1 aromatic heterocycles. The summed E-state index contributed by atoms with van der Waals surface area (Å²) in [6.45, 7) is 4.02. The van der Waals surface area contributed by atoms with Crippen LogP contribution in [0.25, 0.3) is 10.6 Å². The molecule has 2 aromatic carbocycles. The molecule has 0 fully saturated rings. The van der Waals surface area contributed by atoms with E-state index >= 15 is 0 Å². The molecule has 0 aliphatic heterocycles. The first-order valence-corrected chi connectivity index (χ1v) is 10.2. The lowest BCUT2D eigenvalue weighted by Gasteiger charge is -2.08. The Balaban J connectivity index is 1.85. The van der Waals surface area contributed by atoms with Crippen LogP contribution < -0.4 is 5.32 Å². The van der Waals surface area contributed by atoms with E-state index < -0.39 is 0 Å². The van der Waals surface area contributed by atoms with Crippen LogP contribution in [0.1, 0.15) is 27.9 Å². The highest BCUT2D eigenvalue weighted by Gasteiger charge is 2.17. The molecule has 1 amide bonds. The van der Waals surface area contributed by atoms with Gasteiger partial charge in [-0.15, -0.1) is 23.1 Å². The number of rotatable bonds is 5. The van der Waals surface area contributed by atoms with E-state index in [2.05, 4.69) is 41.5 Å². The first-order chi connectivity index (χ1) is 12.1. The summed E-state index contributed by atoms with van der Waals surface area (Å²) in [5, 5.41) is 3.89. The molecule has 0 atom stereocenters. The monoisotopic (exact) mass is 368 g/mol. The number of aryl methyl sites for hydroxylation is 2. The quantitative estimate of drug-likeness (QED) is 0.591. The minimum absolute atomic E-state index is 0.104. The van der Waals surface area contributed by atoms with Crippen molar-refractivity contribution < 1.29 is 4.79 Å². The Labute approximate surface area is 156 Å². The average molecular weight is 369 g/mol. The number of thioether (sulfide) groups is 1. The van der Waals surface area contributed by atoms with Gasteiger partial charge < -0.3 is 5.32 Å². The summed E-state index contributed by atoms with van der Waals surface area (Å²) in [5.74, 6) is -0.104. The maximum atomic E-state index is 12.7. The van der Waals surface area contributed by atoms with Crippen molar-refractivity contribution in [1.29, 1.82) is 0 Å². The molecule has 0 aliphatic carbocycles. The Hall–Kier alpha value is -2.11. The average Bonchev–Trinajstić information content (AvgIpc) is 3.04. The highest BCUT2D eigenvalue weighted by molar-refractivity contribution is 7.98. The fourth-order valence-electron chi connectivity index (χ4n) is 2.54. The van der Waals surface area contributed by atoms with Gasteiger partial charge in [0.25, 0.3) is 5.91 Å². The summed E-state index contributed by atoms with van der Waals surface area (Å²) < 4.78 is 0. The van der Waals surface area contributed by atoms with Gasteiger partial charge in [-0.2, -0.15) is 0 Å². The van der Waals surface area contributed by atoms with Gasteiger partial charge >= 0.3 is 0 Å². The lowest BCUT2D eigenvalue weighted by Crippen LogP contribution is -2.12. The van der Waals surface area contributed by atoms with Gasteiger partial charge in [-0.3, -0.25) is 4.79 Å². The number of carbonyl (C=O) groups is 1. The molecule has 1 N–H and O–H groups in total. The predicted molar refractivity (Wildman–Crippen MR) is 108 cm³/mol. The van der Waals surface area contributed by atoms with Crippen LogP contribution in [-0.2, 0) is 6.42 Å². The highest BCUT2D eigenvalue weighted by atomic mass is 32.2. The summed E-state index contributed by atoms with van der Waals surface area (Å²) in [7, 11) is 0. The van der Waals surface area contributed by atoms with Crippen LogP contribution in [-0.4, -0.2) is 17.1 Å². The molecule has 1 heterocycles. The molecule has 0 saturated carbocycles. The molecular formula is C20H20N2OS2. The summed E-state index contributed by atoms with van der Waals surface area (Å²) in [6.07, 6.45) is 3.01. The fourth-order valence-corrected chi connectivity index (χ4v) is 4.06. The molecule has 0 unspecified atom stereocenters. The predicted octanol–water partition coefficient (Wildman–Crippen LogP) is 5.66. The topological polar surface area (TPSA) is 42.0 Å². The Morgan fingerprint density at radius 2 is 1.88 bits per heavy atom. The Morgan fingerprint density at radius 3 is 2.56 bits per heavy atom. The fraction of sp³-hybridized carbons (Fsp3) is 0.200. The molecular weight excluding hydrogens is 348 g/mol. The van der Waals surface area contributed by atoms with Crippen LogP contribution in [0.3, 0.4) is 0 Å². The molecule has 0 bridgehead atoms. The number of thiazole rings is 1. The largest absolute Gasteiger partial charge is 0.320 e. The van der Waals surface area contributed by atoms with E-state index in [4.69, 9.17) is 0 Å². The van der Waals surface area contributed by atoms with E-state index in [1.165, 1.54) is 16.9 Å². The number of nitrogens with zero attached hydrogens (tertiary/aromatic N) is 1. The number of para-hydroxylation sites is 1. The summed E-state index contributed by atoms with van der Waals surface area (Å²) >= 11 is 3.05. The highest BCUT2D eigenvalue weighted by Crippen LogP contribution is 2.30. The van der Waals surface area contributed by atoms with Crippen LogP contribution in [0.15, 0.2) is 53.4 Å². The van der Waals surface area contributed by atoms with Crippen molar-refractivity contribution >= 4 is 34.7 Å². The maximum absolute atomic E-state index is 12.7. The maximum Gasteiger partial charge on any atom is 0.267 e. The molecule has 0 spiro atoms. The number of amides is 1. The summed E-state index contributed by atoms with van der Waals surface area (Å²) in [4.78, 5) is 19.0. The van der Waals surface area contributed by atoms with Gasteiger partial charge in [0.05, 0.1) is 11.4 Å². The Bertz CT molecular complexity index is 885. The Kier molecular flexibility index (Phi) is 5.56. The standard InChI is InChI=1S/C20H20N2OS2/c1-4-14-9-11-15(12-10-14)20-21-13(2)18(25-20)19(23)22-16-7-5-6-8-17(16)24-3/h5-12H,4H2,1-3H3,(H,22,23). The molecule has 3 rings (SSSR count). The Morgan fingerprint density at radius 1 is 1.16 bits per heavy atom. The molecule has 25 heavy (non-hydrogen) atoms. The molecule has 0 aliphatic rings. The third-order valence-corrected chi connectivity index (χ3v) is 5.97. The van der Waals surface area contributed by atoms with Gasteiger partial charge in [0.15, 0.2) is 0 Å². The smallest absolute Gasteiger partial charge is 0.267 e. The number of anilines is 1. The number of benzene rings is 2. The molecule has 128 valence electrons. The van der Waals surface area contributed by atoms with Crippen molar-refractivity contribution in [1.82, 2.24) is 4.98 Å². The van der Waals surface area contributed by atoms with Crippen molar-refractivity contribution in [3.05, 3.63) is 64.7 Å². The lowest BCUT2D eigenvalue weighted by molar-refractivity contribution is 0.102. The van der Waals surface area contributed by atoms with Gasteiger partial charge in [0.1, 0.15) is 9.88 Å². The zero-order valence-corrected chi connectivity index (χ0v) is 16.1. The molecule has 0 saturated heterocycles. The lowest BCUT2D eigenvalue weighted by atomic mass is 10.1. The SMILES string of the molecule is CCc1ccc(-c2nc(C)c(C(=O)Nc3ccccc3SC)s2)cc1. The van der Waals surface area contributed by atoms with Crippen LogP contribution in [0, 0.1) is 6.92 Å². The number of hydrogen-bond donors (Lipinski definition) is 1. The van der Waals surface area contributed by atoms with Crippen molar-refractivity contribution in [2.75, 3.05) is 11.6 Å². The number of carbonyl (C=O) groups excluding carboxylic acids is 1. The number of aromatic nitrogens is 1. The second-order valence-corrected chi connectivity index (χ2v) is 7.49. The van der Waals surface area contributed by atoms with Crippen LogP contribution in [0.5, 0.6) is 0 Å². The van der Waals surface area contributed by atoms with Gasteiger partial charge in [0, 0.05) is 10.5 Å². The molecule has 5 heteroatoms. The van der Waals surface area contributed by atoms with E-state index in [1.54, 1.807) is 11.8 Å². The first-order valence-electron chi connectivity index (χ1n) is 8.13. The van der Waals surface area contributed by atoms with E-state index in [0.717, 1.165) is 33.3 Å². The minimum Gasteiger partial charge on any atom is -0.320 e. The van der Waals surface area contributed by atoms with E-state index in [-0.39, 0.29) is 5.91 Å². The van der Waals surface area contributed by atoms with Crippen molar-refractivity contribution in [3.8, 4) is 10.6 Å². The summed E-state index contributed by atoms with van der Waals surface area (Å²) in [5.41, 5.74) is 3.94. The zero-order valence-electron chi connectivity index (χ0n) is 14.5. The minimum atomic E-state index is -0.104. The van der Waals surface area contributed by atoms with Crippen LogP contribution in [0.2, 0.25) is 0 Å². The van der Waals surface area contributed by atoms with E-state index in [0.29, 0.717) is 4.88 Å². The molecule has 3 aromatic rings. The van der Waals surface area contributed by atoms with Crippen molar-refractivity contribution in [2.45, 2.75) is 25.2 Å². The molecule has 0 radical (unpaired) electrons. The second-order valence-electron chi connectivity index (χ2n) is 5.64. The molecule has 3 nitrogen and oxygen atoms in total. The van der Waals surface area contributed by atoms with Crippen molar-refractivity contribution in [2.24, 2.45) is 0 Å². The third kappa shape index (κ3) is 3.94. The van der Waals surface area contributed by atoms with E-state index in [1.807, 2.05) is 37.4 Å². The number of nitrogens with one attached hydrogen (secondary N) is 1. The summed E-state index contributed by atoms with van der Waals surface area (Å²) in [6, 6.07) is 16.2. The van der Waals surface area contributed by atoms with Gasteiger partial charge in [-0.1, -0.05) is 43.3 Å². The third-order valence-electron chi connectivity index (χ3n) is 3.97.